The number of nitrogens with zero attached hydrogens (tertiary/aromatic N) is 1. The lowest BCUT2D eigenvalue weighted by molar-refractivity contribution is 0.597. The Hall–Kier alpha value is -0.920. The molecule has 21 heavy (non-hydrogen) atoms. The SMILES string of the molecule is CCS(=O)(=O)c1ccccc1NCc1ncc(Br)cc1Br. The Kier molecular flexibility index (Phi) is 5.40. The molecule has 0 bridgehead atoms. The van der Waals surface area contributed by atoms with Gasteiger partial charge in [0.1, 0.15) is 0 Å². The number of benzene rings is 1. The van der Waals surface area contributed by atoms with Crippen LogP contribution in [0, 0.1) is 0 Å². The van der Waals surface area contributed by atoms with Crippen LogP contribution in [0.2, 0.25) is 0 Å². The predicted octanol–water partition coefficient (Wildman–Crippen LogP) is 4.01. The molecule has 4 nitrogen and oxygen atoms in total. The van der Waals surface area contributed by atoms with Crippen molar-refractivity contribution in [1.82, 2.24) is 4.98 Å². The molecule has 0 aliphatic rings. The third-order valence-electron chi connectivity index (χ3n) is 2.93. The zero-order chi connectivity index (χ0) is 15.5. The Morgan fingerprint density at radius 2 is 1.95 bits per heavy atom. The highest BCUT2D eigenvalue weighted by Crippen LogP contribution is 2.24. The van der Waals surface area contributed by atoms with Crippen molar-refractivity contribution in [2.24, 2.45) is 0 Å². The number of pyridine rings is 1. The zero-order valence-electron chi connectivity index (χ0n) is 11.3. The molecule has 0 spiro atoms. The van der Waals surface area contributed by atoms with E-state index in [9.17, 15) is 8.42 Å². The van der Waals surface area contributed by atoms with E-state index in [1.165, 1.54) is 0 Å². The smallest absolute Gasteiger partial charge is 0.180 e. The van der Waals surface area contributed by atoms with Gasteiger partial charge in [-0.1, -0.05) is 19.1 Å². The van der Waals surface area contributed by atoms with Crippen molar-refractivity contribution in [2.75, 3.05) is 11.1 Å². The van der Waals surface area contributed by atoms with Crippen molar-refractivity contribution >= 4 is 47.4 Å². The van der Waals surface area contributed by atoms with Gasteiger partial charge in [-0.15, -0.1) is 0 Å². The van der Waals surface area contributed by atoms with Crippen LogP contribution in [0.15, 0.2) is 50.4 Å². The number of nitrogens with one attached hydrogen (secondary N) is 1. The molecule has 0 fully saturated rings. The van der Waals surface area contributed by atoms with Gasteiger partial charge < -0.3 is 5.32 Å². The van der Waals surface area contributed by atoms with Crippen LogP contribution in [0.4, 0.5) is 5.69 Å². The van der Waals surface area contributed by atoms with Gasteiger partial charge in [-0.25, -0.2) is 8.42 Å². The van der Waals surface area contributed by atoms with Crippen molar-refractivity contribution in [1.29, 1.82) is 0 Å². The minimum atomic E-state index is -3.25. The van der Waals surface area contributed by atoms with Gasteiger partial charge in [0.2, 0.25) is 0 Å². The third-order valence-corrected chi connectivity index (χ3v) is 5.84. The maximum absolute atomic E-state index is 12.1. The van der Waals surface area contributed by atoms with Crippen molar-refractivity contribution in [2.45, 2.75) is 18.4 Å². The average molecular weight is 434 g/mol. The summed E-state index contributed by atoms with van der Waals surface area (Å²) in [4.78, 5) is 4.62. The molecule has 2 rings (SSSR count). The van der Waals surface area contributed by atoms with Crippen LogP contribution in [0.5, 0.6) is 0 Å². The Labute approximate surface area is 141 Å². The van der Waals surface area contributed by atoms with E-state index in [0.717, 1.165) is 14.6 Å². The maximum atomic E-state index is 12.1. The average Bonchev–Trinajstić information content (AvgIpc) is 2.46. The van der Waals surface area contributed by atoms with E-state index in [1.807, 2.05) is 6.07 Å². The monoisotopic (exact) mass is 432 g/mol. The number of para-hydroxylation sites is 1. The van der Waals surface area contributed by atoms with E-state index < -0.39 is 9.84 Å². The highest BCUT2D eigenvalue weighted by Gasteiger charge is 2.16. The standard InChI is InChI=1S/C14H14Br2N2O2S/c1-2-21(19,20)14-6-4-3-5-12(14)18-9-13-11(16)7-10(15)8-17-13/h3-8,18H,2,9H2,1H3. The summed E-state index contributed by atoms with van der Waals surface area (Å²) < 4.78 is 25.9. The van der Waals surface area contributed by atoms with Crippen molar-refractivity contribution in [3.8, 4) is 0 Å². The number of rotatable bonds is 5. The van der Waals surface area contributed by atoms with Crippen LogP contribution in [-0.2, 0) is 16.4 Å². The second-order valence-corrected chi connectivity index (χ2v) is 8.35. The molecule has 1 N–H and O–H groups in total. The van der Waals surface area contributed by atoms with Crippen molar-refractivity contribution in [3.05, 3.63) is 51.2 Å². The highest BCUT2D eigenvalue weighted by molar-refractivity contribution is 9.11. The van der Waals surface area contributed by atoms with Crippen LogP contribution in [0.3, 0.4) is 0 Å². The topological polar surface area (TPSA) is 59.1 Å². The van der Waals surface area contributed by atoms with E-state index in [2.05, 4.69) is 42.2 Å². The minimum absolute atomic E-state index is 0.0753. The molecule has 0 saturated carbocycles. The van der Waals surface area contributed by atoms with Gasteiger partial charge in [0.05, 0.1) is 28.6 Å². The van der Waals surface area contributed by atoms with E-state index in [4.69, 9.17) is 0 Å². The van der Waals surface area contributed by atoms with Gasteiger partial charge in [0.15, 0.2) is 9.84 Å². The molecule has 1 heterocycles. The van der Waals surface area contributed by atoms with Gasteiger partial charge in [-0.05, 0) is 50.1 Å². The first kappa shape index (κ1) is 16.5. The van der Waals surface area contributed by atoms with Crippen molar-refractivity contribution < 1.29 is 8.42 Å². The second-order valence-electron chi connectivity index (χ2n) is 4.34. The van der Waals surface area contributed by atoms with Crippen LogP contribution >= 0.6 is 31.9 Å². The summed E-state index contributed by atoms with van der Waals surface area (Å²) in [6, 6.07) is 8.81. The normalized spacial score (nSPS) is 11.4. The summed E-state index contributed by atoms with van der Waals surface area (Å²) in [5.74, 6) is 0.0753. The molecule has 0 aliphatic carbocycles. The first-order valence-corrected chi connectivity index (χ1v) is 9.53. The summed E-state index contributed by atoms with van der Waals surface area (Å²) >= 11 is 6.79. The molecule has 0 saturated heterocycles. The fraction of sp³-hybridized carbons (Fsp3) is 0.214. The molecule has 1 aromatic carbocycles. The van der Waals surface area contributed by atoms with Crippen LogP contribution in [-0.4, -0.2) is 19.2 Å². The van der Waals surface area contributed by atoms with E-state index in [0.29, 0.717) is 17.1 Å². The van der Waals surface area contributed by atoms with Gasteiger partial charge in [0, 0.05) is 15.1 Å². The Bertz CT molecular complexity index is 748. The third kappa shape index (κ3) is 4.05. The number of sulfone groups is 1. The lowest BCUT2D eigenvalue weighted by Crippen LogP contribution is -2.10. The molecule has 0 aliphatic heterocycles. The molecule has 112 valence electrons. The number of hydrogen-bond acceptors (Lipinski definition) is 4. The fourth-order valence-electron chi connectivity index (χ4n) is 1.79. The number of halogens is 2. The summed E-state index contributed by atoms with van der Waals surface area (Å²) in [5, 5.41) is 3.14. The predicted molar refractivity (Wildman–Crippen MR) is 91.1 cm³/mol. The Balaban J connectivity index is 2.25. The molecule has 7 heteroatoms. The summed E-state index contributed by atoms with van der Waals surface area (Å²) in [7, 11) is -3.25. The highest BCUT2D eigenvalue weighted by atomic mass is 79.9. The molecule has 1 aromatic heterocycles. The molecule has 0 radical (unpaired) electrons. The lowest BCUT2D eigenvalue weighted by atomic mass is 10.3. The summed E-state index contributed by atoms with van der Waals surface area (Å²) in [6.07, 6.45) is 1.70. The molecule has 2 aromatic rings. The summed E-state index contributed by atoms with van der Waals surface area (Å²) in [6.45, 7) is 2.07. The largest absolute Gasteiger partial charge is 0.378 e. The van der Waals surface area contributed by atoms with Gasteiger partial charge >= 0.3 is 0 Å². The van der Waals surface area contributed by atoms with E-state index >= 15 is 0 Å². The number of aromatic nitrogens is 1. The molecule has 0 unspecified atom stereocenters. The first-order chi connectivity index (χ1) is 9.94. The van der Waals surface area contributed by atoms with Crippen LogP contribution in [0.25, 0.3) is 0 Å². The van der Waals surface area contributed by atoms with E-state index in [1.54, 1.807) is 37.4 Å². The number of anilines is 1. The van der Waals surface area contributed by atoms with Gasteiger partial charge in [0.25, 0.3) is 0 Å². The second kappa shape index (κ2) is 6.89. The maximum Gasteiger partial charge on any atom is 0.180 e. The minimum Gasteiger partial charge on any atom is -0.378 e. The zero-order valence-corrected chi connectivity index (χ0v) is 15.3. The number of hydrogen-bond donors (Lipinski definition) is 1. The molecule has 0 amide bonds. The Morgan fingerprint density at radius 1 is 1.24 bits per heavy atom. The van der Waals surface area contributed by atoms with E-state index in [-0.39, 0.29) is 5.75 Å². The fourth-order valence-corrected chi connectivity index (χ4v) is 3.99. The summed E-state index contributed by atoms with van der Waals surface area (Å²) in [5.41, 5.74) is 1.40. The van der Waals surface area contributed by atoms with Gasteiger partial charge in [-0.3, -0.25) is 4.98 Å². The quantitative estimate of drug-likeness (QED) is 0.773. The molecular formula is C14H14Br2N2O2S. The molecule has 0 atom stereocenters. The van der Waals surface area contributed by atoms with Crippen LogP contribution in [0.1, 0.15) is 12.6 Å². The lowest BCUT2D eigenvalue weighted by Gasteiger charge is -2.12. The van der Waals surface area contributed by atoms with Crippen molar-refractivity contribution in [3.63, 3.8) is 0 Å². The first-order valence-electron chi connectivity index (χ1n) is 6.29. The van der Waals surface area contributed by atoms with Gasteiger partial charge in [-0.2, -0.15) is 0 Å². The van der Waals surface area contributed by atoms with Crippen LogP contribution < -0.4 is 5.32 Å². The molecular weight excluding hydrogens is 420 g/mol. The Morgan fingerprint density at radius 3 is 2.62 bits per heavy atom.